The van der Waals surface area contributed by atoms with E-state index in [-0.39, 0.29) is 12.5 Å². The zero-order valence-electron chi connectivity index (χ0n) is 17.1. The van der Waals surface area contributed by atoms with E-state index < -0.39 is 17.6 Å². The van der Waals surface area contributed by atoms with Crippen LogP contribution in [0.2, 0.25) is 5.02 Å². The van der Waals surface area contributed by atoms with Gasteiger partial charge >= 0.3 is 5.97 Å². The second-order valence-corrected chi connectivity index (χ2v) is 7.76. The number of benzene rings is 2. The Hall–Kier alpha value is -2.66. The van der Waals surface area contributed by atoms with Crippen LogP contribution in [0.1, 0.15) is 45.2 Å². The molecule has 152 valence electrons. The molecule has 0 aliphatic carbocycles. The van der Waals surface area contributed by atoms with Crippen molar-refractivity contribution in [2.75, 3.05) is 11.5 Å². The molecule has 1 heterocycles. The minimum absolute atomic E-state index is 0.236. The number of hydrogen-bond donors (Lipinski definition) is 0. The van der Waals surface area contributed by atoms with Gasteiger partial charge in [0.25, 0.3) is 5.91 Å². The molecule has 0 N–H and O–H groups in total. The predicted octanol–water partition coefficient (Wildman–Crippen LogP) is 4.64. The molecule has 2 aromatic carbocycles. The maximum atomic E-state index is 13.5. The number of amides is 1. The maximum absolute atomic E-state index is 13.5. The van der Waals surface area contributed by atoms with Gasteiger partial charge < -0.3 is 4.74 Å². The summed E-state index contributed by atoms with van der Waals surface area (Å²) in [5.74, 6) is -0.695. The fourth-order valence-corrected chi connectivity index (χ4v) is 3.75. The second kappa shape index (κ2) is 8.37. The average Bonchev–Trinajstić information content (AvgIpc) is 2.82. The molecule has 1 aliphatic heterocycles. The predicted molar refractivity (Wildman–Crippen MR) is 116 cm³/mol. The Morgan fingerprint density at radius 1 is 1.10 bits per heavy atom. The zero-order valence-corrected chi connectivity index (χ0v) is 17.9. The van der Waals surface area contributed by atoms with Gasteiger partial charge in [-0.05, 0) is 39.3 Å². The third kappa shape index (κ3) is 3.79. The number of esters is 1. The first-order valence-corrected chi connectivity index (χ1v) is 10.1. The number of aliphatic imine (C=N–C) groups is 1. The van der Waals surface area contributed by atoms with Gasteiger partial charge in [0.1, 0.15) is 11.6 Å². The van der Waals surface area contributed by atoms with Crippen molar-refractivity contribution < 1.29 is 14.3 Å². The standard InChI is InChI=1S/C23H25ClN2O3/c1-5-18-21(27)26(23(3,4)22(28)29-6-2)19-14-10-8-12-16(19)20(25-18)15-11-7-9-13-17(15)24/h7-14,18H,5-6H2,1-4H3. The Morgan fingerprint density at radius 3 is 2.34 bits per heavy atom. The smallest absolute Gasteiger partial charge is 0.331 e. The van der Waals surface area contributed by atoms with Crippen molar-refractivity contribution in [1.82, 2.24) is 0 Å². The van der Waals surface area contributed by atoms with Gasteiger partial charge in [0.05, 0.1) is 18.0 Å². The van der Waals surface area contributed by atoms with Gasteiger partial charge in [0, 0.05) is 16.1 Å². The van der Waals surface area contributed by atoms with E-state index in [2.05, 4.69) is 0 Å². The Morgan fingerprint density at radius 2 is 1.72 bits per heavy atom. The van der Waals surface area contributed by atoms with E-state index in [9.17, 15) is 9.59 Å². The zero-order chi connectivity index (χ0) is 21.2. The first-order chi connectivity index (χ1) is 13.8. The normalized spacial score (nSPS) is 16.7. The minimum atomic E-state index is -1.19. The molecule has 1 amide bonds. The van der Waals surface area contributed by atoms with Crippen molar-refractivity contribution in [2.45, 2.75) is 45.7 Å². The molecule has 0 fully saturated rings. The van der Waals surface area contributed by atoms with Crippen molar-refractivity contribution in [3.05, 3.63) is 64.7 Å². The van der Waals surface area contributed by atoms with Gasteiger partial charge in [0.2, 0.25) is 0 Å². The number of nitrogens with zero attached hydrogens (tertiary/aromatic N) is 2. The number of para-hydroxylation sites is 1. The first-order valence-electron chi connectivity index (χ1n) is 9.76. The summed E-state index contributed by atoms with van der Waals surface area (Å²) >= 11 is 6.47. The van der Waals surface area contributed by atoms with E-state index in [1.54, 1.807) is 26.8 Å². The lowest BCUT2D eigenvalue weighted by molar-refractivity contribution is -0.149. The van der Waals surface area contributed by atoms with Crippen LogP contribution in [-0.2, 0) is 14.3 Å². The van der Waals surface area contributed by atoms with Crippen molar-refractivity contribution >= 4 is 34.9 Å². The molecule has 0 bridgehead atoms. The fourth-order valence-electron chi connectivity index (χ4n) is 3.53. The molecular weight excluding hydrogens is 388 g/mol. The van der Waals surface area contributed by atoms with E-state index in [1.807, 2.05) is 49.4 Å². The largest absolute Gasteiger partial charge is 0.464 e. The van der Waals surface area contributed by atoms with E-state index in [0.717, 1.165) is 11.1 Å². The van der Waals surface area contributed by atoms with E-state index in [4.69, 9.17) is 21.3 Å². The Bertz CT molecular complexity index is 968. The first kappa shape index (κ1) is 21.1. The van der Waals surface area contributed by atoms with Gasteiger partial charge in [-0.15, -0.1) is 0 Å². The molecule has 0 aromatic heterocycles. The van der Waals surface area contributed by atoms with Crippen molar-refractivity contribution in [2.24, 2.45) is 4.99 Å². The van der Waals surface area contributed by atoms with Crippen molar-refractivity contribution in [1.29, 1.82) is 0 Å². The van der Waals surface area contributed by atoms with Crippen molar-refractivity contribution in [3.8, 4) is 0 Å². The number of carbonyl (C=O) groups excluding carboxylic acids is 2. The highest BCUT2D eigenvalue weighted by atomic mass is 35.5. The van der Waals surface area contributed by atoms with Gasteiger partial charge in [-0.25, -0.2) is 4.79 Å². The minimum Gasteiger partial charge on any atom is -0.464 e. The lowest BCUT2D eigenvalue weighted by Gasteiger charge is -2.37. The number of carbonyl (C=O) groups is 2. The van der Waals surface area contributed by atoms with Crippen LogP contribution in [0.25, 0.3) is 0 Å². The number of fused-ring (bicyclic) bond motifs is 1. The molecule has 0 spiro atoms. The fraction of sp³-hybridized carbons (Fsp3) is 0.348. The quantitative estimate of drug-likeness (QED) is 0.672. The number of anilines is 1. The molecule has 1 unspecified atom stereocenters. The SMILES string of the molecule is CCOC(=O)C(C)(C)N1C(=O)C(CC)N=C(c2ccccc2Cl)c2ccccc21. The van der Waals surface area contributed by atoms with E-state index in [1.165, 1.54) is 4.90 Å². The van der Waals surface area contributed by atoms with Gasteiger partial charge in [-0.1, -0.05) is 54.9 Å². The number of rotatable bonds is 5. The Kier molecular flexibility index (Phi) is 6.08. The average molecular weight is 413 g/mol. The molecule has 29 heavy (non-hydrogen) atoms. The summed E-state index contributed by atoms with van der Waals surface area (Å²) in [6, 6.07) is 14.3. The van der Waals surface area contributed by atoms with Gasteiger partial charge in [0.15, 0.2) is 0 Å². The molecule has 3 rings (SSSR count). The van der Waals surface area contributed by atoms with Crippen molar-refractivity contribution in [3.63, 3.8) is 0 Å². The lowest BCUT2D eigenvalue weighted by atomic mass is 9.96. The summed E-state index contributed by atoms with van der Waals surface area (Å²) in [7, 11) is 0. The molecule has 1 aliphatic rings. The summed E-state index contributed by atoms with van der Waals surface area (Å²) in [6.07, 6.45) is 0.496. The summed E-state index contributed by atoms with van der Waals surface area (Å²) in [5, 5.41) is 0.557. The highest BCUT2D eigenvalue weighted by Crippen LogP contribution is 2.35. The lowest BCUT2D eigenvalue weighted by Crippen LogP contribution is -2.56. The number of hydrogen-bond acceptors (Lipinski definition) is 4. The van der Waals surface area contributed by atoms with Crippen LogP contribution in [0.15, 0.2) is 53.5 Å². The van der Waals surface area contributed by atoms with Crippen LogP contribution >= 0.6 is 11.6 Å². The molecular formula is C23H25ClN2O3. The third-order valence-corrected chi connectivity index (χ3v) is 5.37. The molecule has 0 saturated heterocycles. The third-order valence-electron chi connectivity index (χ3n) is 5.04. The monoisotopic (exact) mass is 412 g/mol. The second-order valence-electron chi connectivity index (χ2n) is 7.35. The molecule has 1 atom stereocenters. The van der Waals surface area contributed by atoms with Crippen LogP contribution in [0.3, 0.4) is 0 Å². The molecule has 0 saturated carbocycles. The topological polar surface area (TPSA) is 59.0 Å². The molecule has 5 nitrogen and oxygen atoms in total. The molecule has 2 aromatic rings. The summed E-state index contributed by atoms with van der Waals surface area (Å²) < 4.78 is 5.27. The van der Waals surface area contributed by atoms with Crippen LogP contribution in [0, 0.1) is 0 Å². The highest BCUT2D eigenvalue weighted by Gasteiger charge is 2.44. The number of halogens is 1. The number of benzodiazepines with no additional fused rings is 1. The summed E-state index contributed by atoms with van der Waals surface area (Å²) in [4.78, 5) is 32.6. The van der Waals surface area contributed by atoms with E-state index in [0.29, 0.717) is 22.8 Å². The van der Waals surface area contributed by atoms with Crippen LogP contribution in [0.5, 0.6) is 0 Å². The van der Waals surface area contributed by atoms with Crippen LogP contribution in [0.4, 0.5) is 5.69 Å². The van der Waals surface area contributed by atoms with E-state index >= 15 is 0 Å². The van der Waals surface area contributed by atoms with Gasteiger partial charge in [-0.3, -0.25) is 14.7 Å². The Balaban J connectivity index is 2.26. The summed E-state index contributed by atoms with van der Waals surface area (Å²) in [5.41, 5.74) is 1.58. The maximum Gasteiger partial charge on any atom is 0.331 e. The molecule has 6 heteroatoms. The Labute approximate surface area is 176 Å². The van der Waals surface area contributed by atoms with Gasteiger partial charge in [-0.2, -0.15) is 0 Å². The number of ether oxygens (including phenoxy) is 1. The molecule has 0 radical (unpaired) electrons. The van der Waals surface area contributed by atoms with Crippen LogP contribution in [-0.4, -0.2) is 35.8 Å². The summed E-state index contributed by atoms with van der Waals surface area (Å²) in [6.45, 7) is 7.30. The highest BCUT2D eigenvalue weighted by molar-refractivity contribution is 6.36. The van der Waals surface area contributed by atoms with Crippen LogP contribution < -0.4 is 4.90 Å².